The fourth-order valence-electron chi connectivity index (χ4n) is 5.04. The van der Waals surface area contributed by atoms with Gasteiger partial charge in [0.15, 0.2) is 0 Å². The number of carbonyl (C=O) groups is 1. The molecule has 0 saturated carbocycles. The van der Waals surface area contributed by atoms with Crippen molar-refractivity contribution in [3.8, 4) is 22.6 Å². The van der Waals surface area contributed by atoms with Crippen molar-refractivity contribution in [1.29, 1.82) is 0 Å². The Balaban J connectivity index is 1.52. The van der Waals surface area contributed by atoms with E-state index in [1.54, 1.807) is 6.26 Å². The van der Waals surface area contributed by atoms with Crippen LogP contribution < -0.4 is 10.6 Å². The number of nitrogens with one attached hydrogen (secondary N) is 2. The Morgan fingerprint density at radius 2 is 1.79 bits per heavy atom. The van der Waals surface area contributed by atoms with Gasteiger partial charge in [0.05, 0.1) is 17.6 Å². The van der Waals surface area contributed by atoms with Gasteiger partial charge in [-0.2, -0.15) is 0 Å². The van der Waals surface area contributed by atoms with Gasteiger partial charge in [0.1, 0.15) is 21.6 Å². The average Bonchev–Trinajstić information content (AvgIpc) is 3.52. The average molecular weight is 450 g/mol. The number of pyridine rings is 1. The van der Waals surface area contributed by atoms with E-state index in [2.05, 4.69) is 34.9 Å². The molecule has 0 unspecified atom stereocenters. The Morgan fingerprint density at radius 1 is 0.939 bits per heavy atom. The number of nitrogens with zero attached hydrogens (tertiary/aromatic N) is 1. The molecule has 0 spiro atoms. The number of fused-ring (bicyclic) bond motifs is 6. The maximum absolute atomic E-state index is 13.2. The minimum absolute atomic E-state index is 0.0793. The second-order valence-corrected chi connectivity index (χ2v) is 9.40. The number of benzene rings is 2. The van der Waals surface area contributed by atoms with Crippen LogP contribution in [0.15, 0.2) is 77.4 Å². The maximum atomic E-state index is 13.2. The molecular formula is C27H19N3O2S. The molecule has 1 amide bonds. The fourth-order valence-corrected chi connectivity index (χ4v) is 6.09. The van der Waals surface area contributed by atoms with Gasteiger partial charge in [0, 0.05) is 16.5 Å². The van der Waals surface area contributed by atoms with Gasteiger partial charge in [0.2, 0.25) is 0 Å². The molecule has 2 aromatic carbocycles. The first-order valence-electron chi connectivity index (χ1n) is 11.0. The van der Waals surface area contributed by atoms with Crippen LogP contribution in [0.1, 0.15) is 32.5 Å². The van der Waals surface area contributed by atoms with Crippen molar-refractivity contribution in [2.24, 2.45) is 0 Å². The molecule has 160 valence electrons. The molecule has 0 radical (unpaired) electrons. The standard InChI is InChI=1S/C27H19N3O2S/c31-26-24-23(28-25(30-26)16-8-2-1-3-9-16)21-20(19-11-6-14-32-19)18-13-12-15-7-4-5-10-17(15)22(18)29-27(21)33-24/h1-11,14,25,28H,12-13H2,(H,30,31)/t25-/m0/s1. The van der Waals surface area contributed by atoms with Crippen molar-refractivity contribution in [2.45, 2.75) is 19.0 Å². The first-order chi connectivity index (χ1) is 16.3. The van der Waals surface area contributed by atoms with Crippen molar-refractivity contribution in [3.63, 3.8) is 0 Å². The molecule has 7 rings (SSSR count). The molecule has 0 fully saturated rings. The highest BCUT2D eigenvalue weighted by atomic mass is 32.1. The van der Waals surface area contributed by atoms with E-state index in [0.29, 0.717) is 4.88 Å². The summed E-state index contributed by atoms with van der Waals surface area (Å²) in [6, 6.07) is 22.3. The van der Waals surface area contributed by atoms with E-state index >= 15 is 0 Å². The Labute approximate surface area is 194 Å². The number of aryl methyl sites for hydroxylation is 1. The summed E-state index contributed by atoms with van der Waals surface area (Å²) < 4.78 is 5.93. The summed E-state index contributed by atoms with van der Waals surface area (Å²) in [5.41, 5.74) is 7.54. The zero-order chi connectivity index (χ0) is 21.9. The molecule has 0 saturated heterocycles. The third kappa shape index (κ3) is 2.77. The second kappa shape index (κ2) is 7.05. The van der Waals surface area contributed by atoms with Gasteiger partial charge in [-0.3, -0.25) is 4.79 Å². The Bertz CT molecular complexity index is 1540. The highest BCUT2D eigenvalue weighted by Gasteiger charge is 2.33. The van der Waals surface area contributed by atoms with Crippen molar-refractivity contribution < 1.29 is 9.21 Å². The fraction of sp³-hybridized carbons (Fsp3) is 0.111. The Kier molecular flexibility index (Phi) is 3.98. The Hall–Kier alpha value is -3.90. The molecular weight excluding hydrogens is 430 g/mol. The smallest absolute Gasteiger partial charge is 0.265 e. The quantitative estimate of drug-likeness (QED) is 0.338. The van der Waals surface area contributed by atoms with Crippen LogP contribution in [0.25, 0.3) is 32.8 Å². The van der Waals surface area contributed by atoms with Gasteiger partial charge in [-0.05, 0) is 41.7 Å². The molecule has 1 aliphatic heterocycles. The normalized spacial score (nSPS) is 16.5. The molecule has 6 heteroatoms. The summed E-state index contributed by atoms with van der Waals surface area (Å²) >= 11 is 1.44. The van der Waals surface area contributed by atoms with E-state index in [9.17, 15) is 4.79 Å². The van der Waals surface area contributed by atoms with Crippen molar-refractivity contribution in [1.82, 2.24) is 10.3 Å². The second-order valence-electron chi connectivity index (χ2n) is 8.40. The number of hydrogen-bond donors (Lipinski definition) is 2. The van der Waals surface area contributed by atoms with Gasteiger partial charge >= 0.3 is 0 Å². The van der Waals surface area contributed by atoms with Gasteiger partial charge in [-0.1, -0.05) is 54.6 Å². The largest absolute Gasteiger partial charge is 0.464 e. The molecule has 1 atom stereocenters. The van der Waals surface area contributed by atoms with E-state index in [0.717, 1.165) is 51.3 Å². The van der Waals surface area contributed by atoms with Gasteiger partial charge in [-0.15, -0.1) is 11.3 Å². The number of hydrogen-bond acceptors (Lipinski definition) is 5. The zero-order valence-corrected chi connectivity index (χ0v) is 18.4. The van der Waals surface area contributed by atoms with E-state index in [1.165, 1.54) is 28.0 Å². The monoisotopic (exact) mass is 449 g/mol. The molecule has 4 heterocycles. The highest BCUT2D eigenvalue weighted by Crippen LogP contribution is 2.49. The third-order valence-corrected chi connectivity index (χ3v) is 7.61. The number of furan rings is 1. The summed E-state index contributed by atoms with van der Waals surface area (Å²) in [6.07, 6.45) is 3.24. The number of aromatic nitrogens is 1. The molecule has 1 aliphatic carbocycles. The number of amides is 1. The van der Waals surface area contributed by atoms with Gasteiger partial charge < -0.3 is 15.1 Å². The van der Waals surface area contributed by atoms with Crippen LogP contribution in [0, 0.1) is 0 Å². The Morgan fingerprint density at radius 3 is 2.64 bits per heavy atom. The van der Waals surface area contributed by atoms with Crippen LogP contribution in [0.2, 0.25) is 0 Å². The molecule has 5 aromatic rings. The lowest BCUT2D eigenvalue weighted by Gasteiger charge is -2.27. The first-order valence-corrected chi connectivity index (χ1v) is 11.8. The van der Waals surface area contributed by atoms with E-state index < -0.39 is 0 Å². The summed E-state index contributed by atoms with van der Waals surface area (Å²) in [7, 11) is 0. The van der Waals surface area contributed by atoms with Crippen molar-refractivity contribution in [3.05, 3.63) is 94.6 Å². The molecule has 2 aliphatic rings. The maximum Gasteiger partial charge on any atom is 0.265 e. The van der Waals surface area contributed by atoms with Crippen LogP contribution in [0.3, 0.4) is 0 Å². The summed E-state index contributed by atoms with van der Waals surface area (Å²) in [4.78, 5) is 19.8. The van der Waals surface area contributed by atoms with Crippen molar-refractivity contribution >= 4 is 33.1 Å². The molecule has 33 heavy (non-hydrogen) atoms. The first kappa shape index (κ1) is 18.7. The van der Waals surface area contributed by atoms with Crippen molar-refractivity contribution in [2.75, 3.05) is 5.32 Å². The lowest BCUT2D eigenvalue weighted by Crippen LogP contribution is -2.37. The van der Waals surface area contributed by atoms with E-state index in [4.69, 9.17) is 9.40 Å². The van der Waals surface area contributed by atoms with Gasteiger partial charge in [0.25, 0.3) is 5.91 Å². The van der Waals surface area contributed by atoms with Crippen LogP contribution >= 0.6 is 11.3 Å². The zero-order valence-electron chi connectivity index (χ0n) is 17.6. The number of carbonyl (C=O) groups excluding carboxylic acids is 1. The lowest BCUT2D eigenvalue weighted by atomic mass is 9.85. The SMILES string of the molecule is O=C1N[C@@H](c2ccccc2)Nc2c1sc1nc3c(c(-c4ccco4)c21)CCc1ccccc1-3. The van der Waals surface area contributed by atoms with E-state index in [-0.39, 0.29) is 12.1 Å². The summed E-state index contributed by atoms with van der Waals surface area (Å²) in [6.45, 7) is 0. The topological polar surface area (TPSA) is 67.2 Å². The number of anilines is 1. The third-order valence-electron chi connectivity index (χ3n) is 6.53. The predicted octanol–water partition coefficient (Wildman–Crippen LogP) is 6.18. The van der Waals surface area contributed by atoms with Crippen LogP contribution in [0.4, 0.5) is 5.69 Å². The minimum atomic E-state index is -0.301. The number of rotatable bonds is 2. The minimum Gasteiger partial charge on any atom is -0.464 e. The summed E-state index contributed by atoms with van der Waals surface area (Å²) in [5.74, 6) is 0.729. The summed E-state index contributed by atoms with van der Waals surface area (Å²) in [5, 5.41) is 7.66. The van der Waals surface area contributed by atoms with Crippen LogP contribution in [0.5, 0.6) is 0 Å². The molecule has 2 N–H and O–H groups in total. The number of thiophene rings is 1. The molecule has 0 bridgehead atoms. The highest BCUT2D eigenvalue weighted by molar-refractivity contribution is 7.21. The molecule has 3 aromatic heterocycles. The predicted molar refractivity (Wildman–Crippen MR) is 130 cm³/mol. The van der Waals surface area contributed by atoms with Gasteiger partial charge in [-0.25, -0.2) is 4.98 Å². The van der Waals surface area contributed by atoms with Crippen LogP contribution in [-0.4, -0.2) is 10.9 Å². The lowest BCUT2D eigenvalue weighted by molar-refractivity contribution is 0.0940. The molecule has 5 nitrogen and oxygen atoms in total. The van der Waals surface area contributed by atoms with E-state index in [1.807, 2.05) is 42.5 Å². The van der Waals surface area contributed by atoms with Crippen LogP contribution in [-0.2, 0) is 12.8 Å².